The molecule has 0 radical (unpaired) electrons. The second-order valence-corrected chi connectivity index (χ2v) is 2.68. The fourth-order valence-electron chi connectivity index (χ4n) is 0.816. The van der Waals surface area contributed by atoms with Gasteiger partial charge in [0.1, 0.15) is 0 Å². The van der Waals surface area contributed by atoms with Crippen LogP contribution in [0.3, 0.4) is 0 Å². The fraction of sp³-hybridized carbons (Fsp3) is 0.125. The first-order valence-electron chi connectivity index (χ1n) is 3.52. The highest BCUT2D eigenvalue weighted by atomic mass is 32.1. The Morgan fingerprint density at radius 2 is 2.17 bits per heavy atom. The number of nitrogen functional groups attached to an aromatic ring is 2. The van der Waals surface area contributed by atoms with Gasteiger partial charge in [-0.25, -0.2) is 0 Å². The summed E-state index contributed by atoms with van der Waals surface area (Å²) in [5.41, 5.74) is 13.2. The quantitative estimate of drug-likeness (QED) is 0.600. The van der Waals surface area contributed by atoms with E-state index in [1.54, 1.807) is 6.20 Å². The van der Waals surface area contributed by atoms with Gasteiger partial charge in [-0.3, -0.25) is 4.98 Å². The molecule has 0 aliphatic heterocycles. The van der Waals surface area contributed by atoms with Gasteiger partial charge >= 0.3 is 0 Å². The van der Waals surface area contributed by atoms with Crippen LogP contribution in [0.25, 0.3) is 6.08 Å². The third kappa shape index (κ3) is 1.92. The van der Waals surface area contributed by atoms with E-state index in [2.05, 4.69) is 17.6 Å². The summed E-state index contributed by atoms with van der Waals surface area (Å²) >= 11 is 4.03. The van der Waals surface area contributed by atoms with E-state index in [0.717, 1.165) is 5.56 Å². The molecule has 0 spiro atoms. The highest BCUT2D eigenvalue weighted by Gasteiger charge is 1.97. The molecule has 0 saturated carbocycles. The molecule has 1 aromatic rings. The molecule has 1 aromatic heterocycles. The van der Waals surface area contributed by atoms with Crippen LogP contribution in [0, 0.1) is 0 Å². The van der Waals surface area contributed by atoms with E-state index >= 15 is 0 Å². The van der Waals surface area contributed by atoms with Crippen LogP contribution in [0.2, 0.25) is 0 Å². The van der Waals surface area contributed by atoms with Crippen LogP contribution in [0.4, 0.5) is 11.4 Å². The van der Waals surface area contributed by atoms with Crippen LogP contribution in [0.15, 0.2) is 18.5 Å². The largest absolute Gasteiger partial charge is 0.396 e. The van der Waals surface area contributed by atoms with Crippen molar-refractivity contribution in [2.45, 2.75) is 0 Å². The van der Waals surface area contributed by atoms with Crippen molar-refractivity contribution in [3.8, 4) is 0 Å². The summed E-state index contributed by atoms with van der Waals surface area (Å²) in [5.74, 6) is 0.675. The van der Waals surface area contributed by atoms with Gasteiger partial charge in [0.25, 0.3) is 0 Å². The Balaban J connectivity index is 3.00. The highest BCUT2D eigenvalue weighted by Crippen LogP contribution is 2.18. The van der Waals surface area contributed by atoms with Gasteiger partial charge in [-0.15, -0.1) is 0 Å². The minimum absolute atomic E-state index is 0.510. The van der Waals surface area contributed by atoms with Crippen molar-refractivity contribution in [2.75, 3.05) is 17.2 Å². The zero-order chi connectivity index (χ0) is 8.97. The molecule has 1 rings (SSSR count). The SMILES string of the molecule is Nc1cncc(C=CCS)c1N. The van der Waals surface area contributed by atoms with Crippen molar-refractivity contribution in [1.29, 1.82) is 0 Å². The lowest BCUT2D eigenvalue weighted by Gasteiger charge is -2.01. The van der Waals surface area contributed by atoms with Gasteiger partial charge in [0, 0.05) is 17.5 Å². The van der Waals surface area contributed by atoms with Gasteiger partial charge in [0.05, 0.1) is 17.6 Å². The molecule has 0 aliphatic rings. The third-order valence-corrected chi connectivity index (χ3v) is 1.66. The smallest absolute Gasteiger partial charge is 0.0740 e. The maximum atomic E-state index is 5.68. The summed E-state index contributed by atoms with van der Waals surface area (Å²) in [6, 6.07) is 0. The Bertz CT molecular complexity index is 296. The molecular formula is C8H11N3S. The predicted molar refractivity (Wildman–Crippen MR) is 55.9 cm³/mol. The van der Waals surface area contributed by atoms with Gasteiger partial charge in [0.15, 0.2) is 0 Å². The van der Waals surface area contributed by atoms with Crippen LogP contribution in [-0.2, 0) is 0 Å². The molecule has 3 nitrogen and oxygen atoms in total. The fourth-order valence-corrected chi connectivity index (χ4v) is 0.922. The average molecular weight is 181 g/mol. The summed E-state index contributed by atoms with van der Waals surface area (Å²) in [6.45, 7) is 0. The first-order valence-corrected chi connectivity index (χ1v) is 4.15. The molecule has 0 bridgehead atoms. The van der Waals surface area contributed by atoms with Crippen LogP contribution in [0.5, 0.6) is 0 Å². The first-order chi connectivity index (χ1) is 5.75. The number of hydrogen-bond acceptors (Lipinski definition) is 4. The van der Waals surface area contributed by atoms with Crippen molar-refractivity contribution in [3.05, 3.63) is 24.0 Å². The molecule has 0 unspecified atom stereocenters. The Kier molecular flexibility index (Phi) is 2.99. The van der Waals surface area contributed by atoms with Gasteiger partial charge in [-0.1, -0.05) is 12.2 Å². The lowest BCUT2D eigenvalue weighted by atomic mass is 10.2. The Hall–Kier alpha value is -1.16. The molecule has 0 atom stereocenters. The standard InChI is InChI=1S/C8H11N3S/c9-7-5-11-4-6(8(7)10)2-1-3-12/h1-2,4-5,12H,3,9H2,(H2,10,11). The number of rotatable bonds is 2. The second kappa shape index (κ2) is 4.01. The van der Waals surface area contributed by atoms with Gasteiger partial charge in [0.2, 0.25) is 0 Å². The molecule has 4 heteroatoms. The molecule has 0 fully saturated rings. The van der Waals surface area contributed by atoms with Gasteiger partial charge in [-0.2, -0.15) is 12.6 Å². The van der Waals surface area contributed by atoms with E-state index in [4.69, 9.17) is 11.5 Å². The summed E-state index contributed by atoms with van der Waals surface area (Å²) < 4.78 is 0. The molecule has 0 aromatic carbocycles. The second-order valence-electron chi connectivity index (χ2n) is 2.32. The molecule has 4 N–H and O–H groups in total. The van der Waals surface area contributed by atoms with E-state index in [1.807, 2.05) is 12.2 Å². The summed E-state index contributed by atoms with van der Waals surface area (Å²) in [5, 5.41) is 0. The summed E-state index contributed by atoms with van der Waals surface area (Å²) in [6.07, 6.45) is 6.95. The highest BCUT2D eigenvalue weighted by molar-refractivity contribution is 7.80. The Morgan fingerprint density at radius 3 is 2.83 bits per heavy atom. The van der Waals surface area contributed by atoms with Crippen molar-refractivity contribution in [1.82, 2.24) is 4.98 Å². The van der Waals surface area contributed by atoms with E-state index in [-0.39, 0.29) is 0 Å². The maximum absolute atomic E-state index is 5.68. The Labute approximate surface area is 76.9 Å². The Morgan fingerprint density at radius 1 is 1.42 bits per heavy atom. The third-order valence-electron chi connectivity index (χ3n) is 1.45. The average Bonchev–Trinajstić information content (AvgIpc) is 2.08. The number of hydrogen-bond donors (Lipinski definition) is 3. The zero-order valence-electron chi connectivity index (χ0n) is 6.57. The molecular weight excluding hydrogens is 170 g/mol. The van der Waals surface area contributed by atoms with Crippen molar-refractivity contribution < 1.29 is 0 Å². The van der Waals surface area contributed by atoms with E-state index < -0.39 is 0 Å². The lowest BCUT2D eigenvalue weighted by molar-refractivity contribution is 1.32. The van der Waals surface area contributed by atoms with E-state index in [0.29, 0.717) is 17.1 Å². The number of aromatic nitrogens is 1. The summed E-state index contributed by atoms with van der Waals surface area (Å²) in [7, 11) is 0. The van der Waals surface area contributed by atoms with E-state index in [9.17, 15) is 0 Å². The molecule has 1 heterocycles. The van der Waals surface area contributed by atoms with Crippen molar-refractivity contribution in [3.63, 3.8) is 0 Å². The molecule has 12 heavy (non-hydrogen) atoms. The van der Waals surface area contributed by atoms with Gasteiger partial charge < -0.3 is 11.5 Å². The number of nitrogens with two attached hydrogens (primary N) is 2. The topological polar surface area (TPSA) is 64.9 Å². The van der Waals surface area contributed by atoms with E-state index in [1.165, 1.54) is 6.20 Å². The minimum Gasteiger partial charge on any atom is -0.396 e. The normalized spacial score (nSPS) is 10.8. The molecule has 0 saturated heterocycles. The summed E-state index contributed by atoms with van der Waals surface area (Å²) in [4.78, 5) is 3.92. The van der Waals surface area contributed by atoms with Crippen LogP contribution in [0.1, 0.15) is 5.56 Å². The number of thiol groups is 1. The molecule has 64 valence electrons. The number of pyridine rings is 1. The monoisotopic (exact) mass is 181 g/mol. The minimum atomic E-state index is 0.510. The maximum Gasteiger partial charge on any atom is 0.0740 e. The zero-order valence-corrected chi connectivity index (χ0v) is 7.46. The molecule has 0 amide bonds. The van der Waals surface area contributed by atoms with Crippen LogP contribution < -0.4 is 11.5 Å². The van der Waals surface area contributed by atoms with Crippen LogP contribution in [-0.4, -0.2) is 10.7 Å². The lowest BCUT2D eigenvalue weighted by Crippen LogP contribution is -1.97. The van der Waals surface area contributed by atoms with Crippen molar-refractivity contribution >= 4 is 30.1 Å². The number of anilines is 2. The predicted octanol–water partition coefficient (Wildman–Crippen LogP) is 1.19. The van der Waals surface area contributed by atoms with Crippen molar-refractivity contribution in [2.24, 2.45) is 0 Å². The number of nitrogens with zero attached hydrogens (tertiary/aromatic N) is 1. The van der Waals surface area contributed by atoms with Crippen LogP contribution >= 0.6 is 12.6 Å². The molecule has 0 aliphatic carbocycles. The first kappa shape index (κ1) is 8.93. The van der Waals surface area contributed by atoms with Gasteiger partial charge in [-0.05, 0) is 0 Å².